The number of nitrogens with zero attached hydrogens (tertiary/aromatic N) is 1. The SMILES string of the molecule is Cc1nc(CCNc2ccc(F)cc2N)cs1. The van der Waals surface area contributed by atoms with Crippen molar-refractivity contribution < 1.29 is 4.39 Å². The van der Waals surface area contributed by atoms with Gasteiger partial charge in [-0.25, -0.2) is 9.37 Å². The zero-order valence-electron chi connectivity index (χ0n) is 9.53. The number of nitrogens with one attached hydrogen (secondary N) is 1. The van der Waals surface area contributed by atoms with Crippen LogP contribution in [0.2, 0.25) is 0 Å². The molecule has 0 radical (unpaired) electrons. The number of nitrogen functional groups attached to an aromatic ring is 1. The van der Waals surface area contributed by atoms with Crippen molar-refractivity contribution in [3.63, 3.8) is 0 Å². The number of rotatable bonds is 4. The number of halogens is 1. The quantitative estimate of drug-likeness (QED) is 0.821. The molecule has 0 spiro atoms. The first kappa shape index (κ1) is 11.9. The van der Waals surface area contributed by atoms with Gasteiger partial charge >= 0.3 is 0 Å². The summed E-state index contributed by atoms with van der Waals surface area (Å²) in [7, 11) is 0. The van der Waals surface area contributed by atoms with Gasteiger partial charge in [-0.2, -0.15) is 0 Å². The number of anilines is 2. The summed E-state index contributed by atoms with van der Waals surface area (Å²) in [4.78, 5) is 4.37. The van der Waals surface area contributed by atoms with Gasteiger partial charge in [-0.3, -0.25) is 0 Å². The van der Waals surface area contributed by atoms with Crippen LogP contribution in [0.25, 0.3) is 0 Å². The Labute approximate surface area is 103 Å². The van der Waals surface area contributed by atoms with Crippen LogP contribution < -0.4 is 11.1 Å². The molecular formula is C12H14FN3S. The van der Waals surface area contributed by atoms with Gasteiger partial charge in [0.2, 0.25) is 0 Å². The first-order chi connectivity index (χ1) is 8.15. The van der Waals surface area contributed by atoms with Gasteiger partial charge in [0.25, 0.3) is 0 Å². The Bertz CT molecular complexity index is 510. The highest BCUT2D eigenvalue weighted by molar-refractivity contribution is 7.09. The molecule has 17 heavy (non-hydrogen) atoms. The lowest BCUT2D eigenvalue weighted by Gasteiger charge is -2.08. The Morgan fingerprint density at radius 3 is 2.94 bits per heavy atom. The Balaban J connectivity index is 1.90. The Kier molecular flexibility index (Phi) is 3.58. The van der Waals surface area contributed by atoms with Crippen molar-refractivity contribution >= 4 is 22.7 Å². The highest BCUT2D eigenvalue weighted by Crippen LogP contribution is 2.19. The second-order valence-corrected chi connectivity index (χ2v) is 4.83. The van der Waals surface area contributed by atoms with Crippen LogP contribution in [0.4, 0.5) is 15.8 Å². The molecule has 2 aromatic rings. The molecule has 0 unspecified atom stereocenters. The molecule has 0 amide bonds. The van der Waals surface area contributed by atoms with Crippen molar-refractivity contribution in [2.24, 2.45) is 0 Å². The number of nitrogens with two attached hydrogens (primary N) is 1. The number of hydrogen-bond donors (Lipinski definition) is 2. The number of aromatic nitrogens is 1. The van der Waals surface area contributed by atoms with E-state index in [0.29, 0.717) is 5.69 Å². The van der Waals surface area contributed by atoms with E-state index < -0.39 is 0 Å². The average molecular weight is 251 g/mol. The van der Waals surface area contributed by atoms with Crippen molar-refractivity contribution in [3.8, 4) is 0 Å². The van der Waals surface area contributed by atoms with E-state index in [1.54, 1.807) is 17.4 Å². The van der Waals surface area contributed by atoms with E-state index in [1.807, 2.05) is 12.3 Å². The van der Waals surface area contributed by atoms with Crippen molar-refractivity contribution in [2.75, 3.05) is 17.6 Å². The molecule has 0 bridgehead atoms. The minimum Gasteiger partial charge on any atom is -0.397 e. The first-order valence-electron chi connectivity index (χ1n) is 5.35. The van der Waals surface area contributed by atoms with E-state index in [4.69, 9.17) is 5.73 Å². The van der Waals surface area contributed by atoms with Gasteiger partial charge in [0, 0.05) is 18.3 Å². The van der Waals surface area contributed by atoms with Crippen LogP contribution in [0.3, 0.4) is 0 Å². The van der Waals surface area contributed by atoms with Gasteiger partial charge in [0.15, 0.2) is 0 Å². The highest BCUT2D eigenvalue weighted by atomic mass is 32.1. The highest BCUT2D eigenvalue weighted by Gasteiger charge is 2.01. The number of aryl methyl sites for hydroxylation is 1. The fourth-order valence-electron chi connectivity index (χ4n) is 1.54. The molecule has 1 aromatic carbocycles. The van der Waals surface area contributed by atoms with Crippen LogP contribution in [-0.4, -0.2) is 11.5 Å². The molecule has 0 aliphatic heterocycles. The Morgan fingerprint density at radius 2 is 2.29 bits per heavy atom. The number of thiazole rings is 1. The van der Waals surface area contributed by atoms with Crippen molar-refractivity contribution in [2.45, 2.75) is 13.3 Å². The lowest BCUT2D eigenvalue weighted by atomic mass is 10.2. The summed E-state index contributed by atoms with van der Waals surface area (Å²) in [5.74, 6) is -0.317. The molecule has 0 saturated carbocycles. The molecule has 1 heterocycles. The van der Waals surface area contributed by atoms with Gasteiger partial charge in [-0.05, 0) is 25.1 Å². The van der Waals surface area contributed by atoms with Gasteiger partial charge in [-0.15, -0.1) is 11.3 Å². The van der Waals surface area contributed by atoms with Crippen molar-refractivity contribution in [1.82, 2.24) is 4.98 Å². The summed E-state index contributed by atoms with van der Waals surface area (Å²) in [6.45, 7) is 2.72. The van der Waals surface area contributed by atoms with Crippen molar-refractivity contribution in [1.29, 1.82) is 0 Å². The van der Waals surface area contributed by atoms with Crippen molar-refractivity contribution in [3.05, 3.63) is 40.1 Å². The third-order valence-corrected chi connectivity index (χ3v) is 3.20. The maximum Gasteiger partial charge on any atom is 0.125 e. The second-order valence-electron chi connectivity index (χ2n) is 3.77. The van der Waals surface area contributed by atoms with E-state index in [2.05, 4.69) is 10.3 Å². The summed E-state index contributed by atoms with van der Waals surface area (Å²) in [5, 5.41) is 6.29. The molecule has 1 aromatic heterocycles. The molecule has 0 fully saturated rings. The Hall–Kier alpha value is -1.62. The number of benzene rings is 1. The van der Waals surface area contributed by atoms with Crippen LogP contribution >= 0.6 is 11.3 Å². The number of hydrogen-bond acceptors (Lipinski definition) is 4. The lowest BCUT2D eigenvalue weighted by Crippen LogP contribution is -2.07. The van der Waals surface area contributed by atoms with Crippen LogP contribution in [0.5, 0.6) is 0 Å². The molecule has 0 saturated heterocycles. The van der Waals surface area contributed by atoms with Gasteiger partial charge in [-0.1, -0.05) is 0 Å². The molecule has 3 nitrogen and oxygen atoms in total. The minimum absolute atomic E-state index is 0.317. The normalized spacial score (nSPS) is 10.5. The summed E-state index contributed by atoms with van der Waals surface area (Å²) >= 11 is 1.64. The van der Waals surface area contributed by atoms with Gasteiger partial charge in [0.05, 0.1) is 22.1 Å². The zero-order valence-corrected chi connectivity index (χ0v) is 10.4. The molecule has 5 heteroatoms. The predicted molar refractivity (Wildman–Crippen MR) is 69.9 cm³/mol. The largest absolute Gasteiger partial charge is 0.397 e. The monoisotopic (exact) mass is 251 g/mol. The van der Waals surface area contributed by atoms with E-state index in [0.717, 1.165) is 29.4 Å². The molecule has 0 aliphatic carbocycles. The third-order valence-electron chi connectivity index (χ3n) is 2.38. The van der Waals surface area contributed by atoms with E-state index >= 15 is 0 Å². The smallest absolute Gasteiger partial charge is 0.125 e. The van der Waals surface area contributed by atoms with Gasteiger partial charge in [0.1, 0.15) is 5.82 Å². The second kappa shape index (κ2) is 5.14. The third kappa shape index (κ3) is 3.17. The standard InChI is InChI=1S/C12H14FN3S/c1-8-16-10(7-17-8)4-5-15-12-3-2-9(13)6-11(12)14/h2-3,6-7,15H,4-5,14H2,1H3. The molecular weight excluding hydrogens is 237 g/mol. The lowest BCUT2D eigenvalue weighted by molar-refractivity contribution is 0.628. The maximum absolute atomic E-state index is 12.8. The molecule has 0 atom stereocenters. The van der Waals surface area contributed by atoms with E-state index in [9.17, 15) is 4.39 Å². The van der Waals surface area contributed by atoms with Crippen LogP contribution in [0, 0.1) is 12.7 Å². The fourth-order valence-corrected chi connectivity index (χ4v) is 2.19. The fraction of sp³-hybridized carbons (Fsp3) is 0.250. The Morgan fingerprint density at radius 1 is 1.47 bits per heavy atom. The zero-order chi connectivity index (χ0) is 12.3. The summed E-state index contributed by atoms with van der Waals surface area (Å²) < 4.78 is 12.8. The molecule has 3 N–H and O–H groups in total. The first-order valence-corrected chi connectivity index (χ1v) is 6.23. The molecule has 2 rings (SSSR count). The summed E-state index contributed by atoms with van der Waals surface area (Å²) in [5.41, 5.74) is 7.95. The van der Waals surface area contributed by atoms with Crippen LogP contribution in [0.1, 0.15) is 10.7 Å². The predicted octanol–water partition coefficient (Wildman–Crippen LogP) is 2.83. The summed E-state index contributed by atoms with van der Waals surface area (Å²) in [6, 6.07) is 4.36. The van der Waals surface area contributed by atoms with Crippen LogP contribution in [0.15, 0.2) is 23.6 Å². The minimum atomic E-state index is -0.317. The molecule has 90 valence electrons. The molecule has 0 aliphatic rings. The topological polar surface area (TPSA) is 50.9 Å². The average Bonchev–Trinajstić information content (AvgIpc) is 2.68. The van der Waals surface area contributed by atoms with Crippen LogP contribution in [-0.2, 0) is 6.42 Å². The maximum atomic E-state index is 12.8. The summed E-state index contributed by atoms with van der Waals surface area (Å²) in [6.07, 6.45) is 0.834. The van der Waals surface area contributed by atoms with Gasteiger partial charge < -0.3 is 11.1 Å². The van der Waals surface area contributed by atoms with E-state index in [1.165, 1.54) is 12.1 Å². The van der Waals surface area contributed by atoms with E-state index in [-0.39, 0.29) is 5.82 Å².